The van der Waals surface area contributed by atoms with Crippen molar-refractivity contribution >= 4 is 94.6 Å². The standard InChI is InChI=1S/C72H110N12O21/c1-15-39(8)58-53(85)35-57(89)105-61(38(6)7)60(90)40(9)62(91)78-48(32-36(2)3)68(97)84-31-17-19-50(84)70(99)82(13)52(34-43-20-22-44(102-14)23-21-43)72(101)103-41(10)59(66(95)79-58)80-65(94)51(33-37(4)5)81(12)69(98)49-18-16-30-83(49)67(96)42(11)104-71(100)47(25-28-55(74)87)77-64(93)46(24-27-54(73)86)76-63(92)45-26-29-56(88)75-45/h20-23,36-42,45-53,58-59,61,85H,15-19,24-35H2,1-14H3,(H2,73,86)(H2,74,87)(H,75,88)(H,76,92)(H,77,93)(H,78,91)(H,79,95)(H,80,94)/t39?,40-,41+,42?,45?,46?,47?,48-,49?,50-,51+,52-,53-,58+,59-,61-/m0/s1. The molecule has 4 fully saturated rings. The third-order valence-electron chi connectivity index (χ3n) is 19.7. The fourth-order valence-electron chi connectivity index (χ4n) is 13.3. The smallest absolute Gasteiger partial charge is 0.329 e. The van der Waals surface area contributed by atoms with Gasteiger partial charge in [-0.1, -0.05) is 73.9 Å². The number of primary amides is 2. The number of benzene rings is 1. The van der Waals surface area contributed by atoms with Crippen LogP contribution in [0.15, 0.2) is 24.3 Å². The fourth-order valence-corrected chi connectivity index (χ4v) is 13.3. The summed E-state index contributed by atoms with van der Waals surface area (Å²) in [6.07, 6.45) is -8.07. The number of Topliss-reactive ketones (excluding diaryl/α,β-unsaturated/α-hetero) is 1. The first-order valence-electron chi connectivity index (χ1n) is 36.3. The number of methoxy groups -OCH3 is 1. The van der Waals surface area contributed by atoms with Crippen LogP contribution in [0.3, 0.4) is 0 Å². The molecule has 11 N–H and O–H groups in total. The molecule has 6 unspecified atom stereocenters. The summed E-state index contributed by atoms with van der Waals surface area (Å²) in [6.45, 7) is 17.6. The highest BCUT2D eigenvalue weighted by Gasteiger charge is 2.47. The average Bonchev–Trinajstić information content (AvgIpc) is 1.74. The van der Waals surface area contributed by atoms with Crippen LogP contribution in [-0.4, -0.2) is 238 Å². The van der Waals surface area contributed by atoms with Crippen molar-refractivity contribution in [2.45, 2.75) is 257 Å². The number of cyclic esters (lactones) is 2. The van der Waals surface area contributed by atoms with Gasteiger partial charge in [-0.2, -0.15) is 0 Å². The first kappa shape index (κ1) is 86.3. The van der Waals surface area contributed by atoms with E-state index in [1.807, 2.05) is 13.8 Å². The Bertz CT molecular complexity index is 3330. The van der Waals surface area contributed by atoms with E-state index < -0.39 is 223 Å². The number of ketones is 1. The molecule has 4 aliphatic rings. The Morgan fingerprint density at radius 2 is 1.39 bits per heavy atom. The van der Waals surface area contributed by atoms with Gasteiger partial charge in [0.1, 0.15) is 66.2 Å². The van der Waals surface area contributed by atoms with Crippen LogP contribution in [0.1, 0.15) is 172 Å². The number of ether oxygens (including phenoxy) is 4. The monoisotopic (exact) mass is 1480 g/mol. The van der Waals surface area contributed by atoms with E-state index in [4.69, 9.17) is 30.4 Å². The maximum absolute atomic E-state index is 15.3. The molecule has 0 saturated carbocycles. The minimum atomic E-state index is -1.90. The van der Waals surface area contributed by atoms with Gasteiger partial charge in [-0.25, -0.2) is 9.59 Å². The van der Waals surface area contributed by atoms with Gasteiger partial charge in [0.05, 0.1) is 31.6 Å². The van der Waals surface area contributed by atoms with Gasteiger partial charge in [0.25, 0.3) is 5.91 Å². The van der Waals surface area contributed by atoms with Gasteiger partial charge in [0.15, 0.2) is 18.0 Å². The second-order valence-electron chi connectivity index (χ2n) is 29.2. The van der Waals surface area contributed by atoms with Crippen molar-refractivity contribution in [3.8, 4) is 5.75 Å². The molecule has 5 rings (SSSR count). The van der Waals surface area contributed by atoms with Crippen LogP contribution < -0.4 is 48.1 Å². The molecule has 1 aromatic carbocycles. The van der Waals surface area contributed by atoms with Crippen LogP contribution >= 0.6 is 0 Å². The minimum Gasteiger partial charge on any atom is -0.497 e. The molecule has 4 aliphatic heterocycles. The van der Waals surface area contributed by atoms with Gasteiger partial charge < -0.3 is 87.0 Å². The number of nitrogens with one attached hydrogen (secondary N) is 6. The molecule has 33 nitrogen and oxygen atoms in total. The molecule has 0 radical (unpaired) electrons. The normalized spacial score (nSPS) is 25.5. The van der Waals surface area contributed by atoms with Crippen molar-refractivity contribution in [1.82, 2.24) is 51.5 Å². The van der Waals surface area contributed by atoms with Gasteiger partial charge in [0, 0.05) is 52.9 Å². The summed E-state index contributed by atoms with van der Waals surface area (Å²) in [7, 11) is 4.12. The quantitative estimate of drug-likeness (QED) is 0.0309. The molecule has 1 aromatic rings. The van der Waals surface area contributed by atoms with Crippen molar-refractivity contribution in [1.29, 1.82) is 0 Å². The maximum atomic E-state index is 15.3. The zero-order valence-corrected chi connectivity index (χ0v) is 62.9. The zero-order chi connectivity index (χ0) is 78.6. The maximum Gasteiger partial charge on any atom is 0.329 e. The molecule has 0 spiro atoms. The van der Waals surface area contributed by atoms with Crippen LogP contribution in [-0.2, 0) is 97.3 Å². The Balaban J connectivity index is 1.52. The Labute approximate surface area is 612 Å². The lowest BCUT2D eigenvalue weighted by Gasteiger charge is -2.36. The number of hydrogen-bond donors (Lipinski definition) is 9. The van der Waals surface area contributed by atoms with Crippen LogP contribution in [0, 0.1) is 29.6 Å². The summed E-state index contributed by atoms with van der Waals surface area (Å²) in [5, 5.41) is 27.5. The van der Waals surface area contributed by atoms with Crippen molar-refractivity contribution < 1.29 is 101 Å². The van der Waals surface area contributed by atoms with Gasteiger partial charge in [-0.05, 0) is 120 Å². The van der Waals surface area contributed by atoms with E-state index in [9.17, 15) is 57.8 Å². The Kier molecular flexibility index (Phi) is 32.7. The number of amides is 12. The molecule has 12 amide bonds. The highest BCUT2D eigenvalue weighted by molar-refractivity contribution is 6.05. The predicted octanol–water partition coefficient (Wildman–Crippen LogP) is -0.353. The first-order valence-corrected chi connectivity index (χ1v) is 36.3. The number of carbonyl (C=O) groups is 16. The summed E-state index contributed by atoms with van der Waals surface area (Å²) in [6, 6.07) is -7.46. The van der Waals surface area contributed by atoms with Crippen LogP contribution in [0.25, 0.3) is 0 Å². The van der Waals surface area contributed by atoms with Crippen molar-refractivity contribution in [2.75, 3.05) is 34.3 Å². The summed E-state index contributed by atoms with van der Waals surface area (Å²) < 4.78 is 22.9. The number of likely N-dealkylation sites (N-methyl/N-ethyl adjacent to an activating group) is 2. The van der Waals surface area contributed by atoms with E-state index in [1.54, 1.807) is 65.8 Å². The summed E-state index contributed by atoms with van der Waals surface area (Å²) in [5.74, 6) is -16.8. The van der Waals surface area contributed by atoms with Gasteiger partial charge in [-0.15, -0.1) is 0 Å². The number of carbonyl (C=O) groups excluding carboxylic acids is 16. The van der Waals surface area contributed by atoms with Crippen LogP contribution in [0.2, 0.25) is 0 Å². The Hall–Kier alpha value is -9.30. The van der Waals surface area contributed by atoms with Crippen LogP contribution in [0.5, 0.6) is 5.75 Å². The lowest BCUT2D eigenvalue weighted by molar-refractivity contribution is -0.163. The number of aliphatic hydroxyl groups is 1. The van der Waals surface area contributed by atoms with E-state index in [0.29, 0.717) is 17.7 Å². The second-order valence-corrected chi connectivity index (χ2v) is 29.2. The minimum absolute atomic E-state index is 0.0415. The molecule has 33 heteroatoms. The molecular weight excluding hydrogens is 1370 g/mol. The number of fused-ring (bicyclic) bond motifs is 1. The molecule has 4 saturated heterocycles. The number of rotatable bonds is 27. The molecule has 0 aromatic heterocycles. The number of aliphatic hydroxyl groups excluding tert-OH is 1. The third-order valence-corrected chi connectivity index (χ3v) is 19.7. The highest BCUT2D eigenvalue weighted by atomic mass is 16.6. The van der Waals surface area contributed by atoms with Crippen molar-refractivity contribution in [3.05, 3.63) is 29.8 Å². The Morgan fingerprint density at radius 3 is 1.96 bits per heavy atom. The highest BCUT2D eigenvalue weighted by Crippen LogP contribution is 2.28. The molecule has 16 atom stereocenters. The molecular formula is C72H110N12O21. The van der Waals surface area contributed by atoms with Gasteiger partial charge in [-0.3, -0.25) is 67.1 Å². The average molecular weight is 1480 g/mol. The molecule has 4 heterocycles. The Morgan fingerprint density at radius 1 is 0.762 bits per heavy atom. The van der Waals surface area contributed by atoms with E-state index in [1.165, 1.54) is 46.9 Å². The number of hydrogen-bond acceptors (Lipinski definition) is 21. The number of likely N-dealkylation sites (tertiary alicyclic amines) is 1. The SMILES string of the molecule is CCC(C)[C@H]1NC(=O)[C@@H](NC(=O)[C@@H](CC(C)C)N(C)C(=O)C2CCCN2C(=O)C(C)OC(=O)C(CCC(N)=O)NC(=O)C(CCC(N)=O)NC(=O)C2CCC(=O)N2)[C@@H](C)OC(=O)[C@H](Cc2ccc(OC)cc2)N(C)C(=O)[C@@H]2CCCN2C(=O)[C@H](CC(C)C)NC(=O)[C@@H](C)C(=O)[C@H](C(C)C)OC(=O)C[C@@H]1O. The lowest BCUT2D eigenvalue weighted by atomic mass is 9.91. The largest absolute Gasteiger partial charge is 0.497 e. The second kappa shape index (κ2) is 39.7. The molecule has 584 valence electrons. The number of esters is 3. The topological polar surface area (TPSA) is 467 Å². The first-order chi connectivity index (χ1) is 49.3. The third kappa shape index (κ3) is 24.1. The molecule has 0 bridgehead atoms. The predicted molar refractivity (Wildman–Crippen MR) is 376 cm³/mol. The fraction of sp³-hybridized carbons (Fsp3) is 0.694. The van der Waals surface area contributed by atoms with E-state index in [0.717, 1.165) is 14.7 Å². The lowest BCUT2D eigenvalue weighted by Crippen LogP contribution is -2.62. The van der Waals surface area contributed by atoms with E-state index >= 15 is 24.0 Å². The van der Waals surface area contributed by atoms with Gasteiger partial charge >= 0.3 is 17.9 Å². The number of nitrogens with zero attached hydrogens (tertiary/aromatic N) is 4. The van der Waals surface area contributed by atoms with Crippen molar-refractivity contribution in [3.63, 3.8) is 0 Å². The summed E-state index contributed by atoms with van der Waals surface area (Å²) in [5.41, 5.74) is 11.3. The molecule has 0 aliphatic carbocycles. The number of nitrogens with two attached hydrogens (primary N) is 2. The van der Waals surface area contributed by atoms with Crippen molar-refractivity contribution in [2.24, 2.45) is 41.1 Å². The molecule has 105 heavy (non-hydrogen) atoms. The zero-order valence-electron chi connectivity index (χ0n) is 62.9. The van der Waals surface area contributed by atoms with E-state index in [-0.39, 0.29) is 89.1 Å². The van der Waals surface area contributed by atoms with E-state index in [2.05, 4.69) is 31.9 Å². The summed E-state index contributed by atoms with van der Waals surface area (Å²) >= 11 is 0. The van der Waals surface area contributed by atoms with Gasteiger partial charge in [0.2, 0.25) is 65.0 Å². The van der Waals surface area contributed by atoms with Crippen LogP contribution in [0.4, 0.5) is 0 Å². The summed E-state index contributed by atoms with van der Waals surface area (Å²) in [4.78, 5) is 229.